The number of esters is 1. The second kappa shape index (κ2) is 10.8. The molecule has 0 bridgehead atoms. The summed E-state index contributed by atoms with van der Waals surface area (Å²) in [6.45, 7) is 0. The fraction of sp³-hybridized carbons (Fsp3) is 0.0769. The van der Waals surface area contributed by atoms with Crippen molar-refractivity contribution in [3.63, 3.8) is 0 Å². The van der Waals surface area contributed by atoms with Crippen molar-refractivity contribution in [3.05, 3.63) is 99.2 Å². The Morgan fingerprint density at radius 2 is 1.59 bits per heavy atom. The van der Waals surface area contributed by atoms with Gasteiger partial charge in [-0.2, -0.15) is 13.2 Å². The van der Waals surface area contributed by atoms with Crippen LogP contribution in [0.1, 0.15) is 26.3 Å². The van der Waals surface area contributed by atoms with E-state index in [2.05, 4.69) is 15.4 Å². The monoisotopic (exact) mass is 577 g/mol. The first-order chi connectivity index (χ1) is 18.4. The maximum Gasteiger partial charge on any atom is 0.416 e. The summed E-state index contributed by atoms with van der Waals surface area (Å²) in [6, 6.07) is 13.6. The van der Waals surface area contributed by atoms with E-state index in [0.717, 1.165) is 17.0 Å². The van der Waals surface area contributed by atoms with Gasteiger partial charge in [-0.3, -0.25) is 14.4 Å². The number of halogens is 5. The Bertz CT molecular complexity index is 1540. The molecule has 0 atom stereocenters. The first-order valence-electron chi connectivity index (χ1n) is 10.9. The number of nitrogens with one attached hydrogen (secondary N) is 2. The zero-order valence-electron chi connectivity index (χ0n) is 19.7. The topological polar surface area (TPSA) is 105 Å². The molecule has 0 radical (unpaired) electrons. The predicted octanol–water partition coefficient (Wildman–Crippen LogP) is 5.83. The minimum atomic E-state index is -4.64. The standard InChI is InChI=1S/C26H16Cl2F3N3O5/c1-39-25(38)13-5-8-17(9-6-13)34-23(36)20(28)21(24(34)37)32-16-4-2-3-14(11-16)22(35)33-19-12-15(26(29,30)31)7-10-18(19)27/h2-12,32H,1H3,(H,33,35). The molecule has 1 heterocycles. The smallest absolute Gasteiger partial charge is 0.416 e. The summed E-state index contributed by atoms with van der Waals surface area (Å²) in [6.07, 6.45) is -4.64. The Morgan fingerprint density at radius 1 is 0.897 bits per heavy atom. The van der Waals surface area contributed by atoms with Gasteiger partial charge < -0.3 is 15.4 Å². The van der Waals surface area contributed by atoms with Gasteiger partial charge in [-0.05, 0) is 60.7 Å². The highest BCUT2D eigenvalue weighted by molar-refractivity contribution is 6.53. The lowest BCUT2D eigenvalue weighted by Gasteiger charge is -2.15. The Labute approximate surface area is 228 Å². The van der Waals surface area contributed by atoms with E-state index in [0.29, 0.717) is 6.07 Å². The summed E-state index contributed by atoms with van der Waals surface area (Å²) in [5.41, 5.74) is -0.943. The number of carbonyl (C=O) groups is 4. The highest BCUT2D eigenvalue weighted by Gasteiger charge is 2.39. The summed E-state index contributed by atoms with van der Waals surface area (Å²) in [7, 11) is 1.21. The van der Waals surface area contributed by atoms with Gasteiger partial charge in [0, 0.05) is 11.3 Å². The molecule has 0 unspecified atom stereocenters. The van der Waals surface area contributed by atoms with Gasteiger partial charge in [0.25, 0.3) is 17.7 Å². The van der Waals surface area contributed by atoms with Gasteiger partial charge in [0.05, 0.1) is 34.6 Å². The van der Waals surface area contributed by atoms with E-state index in [1.165, 1.54) is 55.6 Å². The average molecular weight is 578 g/mol. The maximum atomic E-state index is 13.0. The summed E-state index contributed by atoms with van der Waals surface area (Å²) in [5.74, 6) is -2.98. The Kier molecular flexibility index (Phi) is 7.66. The van der Waals surface area contributed by atoms with Crippen LogP contribution >= 0.6 is 23.2 Å². The van der Waals surface area contributed by atoms with Gasteiger partial charge in [-0.1, -0.05) is 29.3 Å². The number of alkyl halides is 3. The van der Waals surface area contributed by atoms with Gasteiger partial charge in [0.2, 0.25) is 0 Å². The second-order valence-electron chi connectivity index (χ2n) is 8.03. The SMILES string of the molecule is COC(=O)c1ccc(N2C(=O)C(Cl)=C(Nc3cccc(C(=O)Nc4cc(C(F)(F)F)ccc4Cl)c3)C2=O)cc1. The number of nitrogens with zero attached hydrogens (tertiary/aromatic N) is 1. The molecule has 13 heteroatoms. The van der Waals surface area contributed by atoms with Crippen LogP contribution in [-0.2, 0) is 20.5 Å². The van der Waals surface area contributed by atoms with Crippen molar-refractivity contribution in [3.8, 4) is 0 Å². The van der Waals surface area contributed by atoms with Gasteiger partial charge in [-0.25, -0.2) is 9.69 Å². The third-order valence-electron chi connectivity index (χ3n) is 5.51. The summed E-state index contributed by atoms with van der Waals surface area (Å²) >= 11 is 12.1. The highest BCUT2D eigenvalue weighted by atomic mass is 35.5. The largest absolute Gasteiger partial charge is 0.465 e. The lowest BCUT2D eigenvalue weighted by Crippen LogP contribution is -2.32. The predicted molar refractivity (Wildman–Crippen MR) is 138 cm³/mol. The van der Waals surface area contributed by atoms with Crippen LogP contribution in [0.3, 0.4) is 0 Å². The average Bonchev–Trinajstić information content (AvgIpc) is 3.12. The van der Waals surface area contributed by atoms with E-state index in [-0.39, 0.29) is 38.9 Å². The number of rotatable bonds is 6. The molecular formula is C26H16Cl2F3N3O5. The van der Waals surface area contributed by atoms with Crippen LogP contribution in [0.2, 0.25) is 5.02 Å². The molecule has 0 saturated heterocycles. The number of imide groups is 1. The van der Waals surface area contributed by atoms with Crippen molar-refractivity contribution in [1.29, 1.82) is 0 Å². The molecule has 4 rings (SSSR count). The van der Waals surface area contributed by atoms with Crippen LogP contribution in [0, 0.1) is 0 Å². The summed E-state index contributed by atoms with van der Waals surface area (Å²) < 4.78 is 43.8. The van der Waals surface area contributed by atoms with Gasteiger partial charge >= 0.3 is 12.1 Å². The molecule has 1 aliphatic rings. The molecule has 0 spiro atoms. The van der Waals surface area contributed by atoms with Crippen molar-refractivity contribution in [2.75, 3.05) is 22.6 Å². The lowest BCUT2D eigenvalue weighted by molar-refractivity contribution is -0.137. The normalized spacial score (nSPS) is 13.5. The van der Waals surface area contributed by atoms with Crippen molar-refractivity contribution < 1.29 is 37.1 Å². The highest BCUT2D eigenvalue weighted by Crippen LogP contribution is 2.34. The maximum absolute atomic E-state index is 13.0. The van der Waals surface area contributed by atoms with Crippen LogP contribution in [-0.4, -0.2) is 30.8 Å². The number of amides is 3. The van der Waals surface area contributed by atoms with E-state index < -0.39 is 40.5 Å². The molecule has 3 aromatic rings. The van der Waals surface area contributed by atoms with Crippen LogP contribution in [0.25, 0.3) is 0 Å². The number of methoxy groups -OCH3 is 1. The van der Waals surface area contributed by atoms with Crippen LogP contribution in [0.5, 0.6) is 0 Å². The molecule has 3 aromatic carbocycles. The molecule has 200 valence electrons. The molecule has 0 saturated carbocycles. The zero-order chi connectivity index (χ0) is 28.5. The van der Waals surface area contributed by atoms with Crippen LogP contribution < -0.4 is 15.5 Å². The molecule has 2 N–H and O–H groups in total. The van der Waals surface area contributed by atoms with Crippen LogP contribution in [0.15, 0.2) is 77.5 Å². The molecular weight excluding hydrogens is 562 g/mol. The van der Waals surface area contributed by atoms with E-state index in [4.69, 9.17) is 23.2 Å². The summed E-state index contributed by atoms with van der Waals surface area (Å²) in [4.78, 5) is 51.0. The number of ether oxygens (including phenoxy) is 1. The summed E-state index contributed by atoms with van der Waals surface area (Å²) in [5, 5.41) is 4.53. The number of benzene rings is 3. The lowest BCUT2D eigenvalue weighted by atomic mass is 10.1. The molecule has 3 amide bonds. The fourth-order valence-electron chi connectivity index (χ4n) is 3.58. The number of hydrogen-bond acceptors (Lipinski definition) is 6. The van der Waals surface area contributed by atoms with Crippen molar-refractivity contribution in [2.24, 2.45) is 0 Å². The third-order valence-corrected chi connectivity index (χ3v) is 6.19. The minimum absolute atomic E-state index is 0.0113. The van der Waals surface area contributed by atoms with Gasteiger partial charge in [-0.15, -0.1) is 0 Å². The number of hydrogen-bond donors (Lipinski definition) is 2. The number of anilines is 3. The molecule has 39 heavy (non-hydrogen) atoms. The van der Waals surface area contributed by atoms with Crippen molar-refractivity contribution in [1.82, 2.24) is 0 Å². The number of carbonyl (C=O) groups excluding carboxylic acids is 4. The third kappa shape index (κ3) is 5.74. The van der Waals surface area contributed by atoms with Crippen molar-refractivity contribution >= 4 is 64.0 Å². The molecule has 8 nitrogen and oxygen atoms in total. The molecule has 0 aliphatic carbocycles. The Balaban J connectivity index is 1.53. The van der Waals surface area contributed by atoms with Gasteiger partial charge in [0.1, 0.15) is 10.7 Å². The molecule has 1 aliphatic heterocycles. The van der Waals surface area contributed by atoms with Crippen molar-refractivity contribution in [2.45, 2.75) is 6.18 Å². The Hall–Kier alpha value is -4.35. The van der Waals surface area contributed by atoms with E-state index >= 15 is 0 Å². The van der Waals surface area contributed by atoms with E-state index in [9.17, 15) is 32.3 Å². The molecule has 0 aromatic heterocycles. The minimum Gasteiger partial charge on any atom is -0.465 e. The Morgan fingerprint density at radius 3 is 2.23 bits per heavy atom. The first kappa shape index (κ1) is 27.7. The van der Waals surface area contributed by atoms with E-state index in [1.807, 2.05) is 0 Å². The first-order valence-corrected chi connectivity index (χ1v) is 11.7. The quantitative estimate of drug-likeness (QED) is 0.282. The second-order valence-corrected chi connectivity index (χ2v) is 8.81. The molecule has 0 fully saturated rings. The fourth-order valence-corrected chi connectivity index (χ4v) is 3.96. The van der Waals surface area contributed by atoms with E-state index in [1.54, 1.807) is 0 Å². The van der Waals surface area contributed by atoms with Gasteiger partial charge in [0.15, 0.2) is 0 Å². The van der Waals surface area contributed by atoms with Crippen LogP contribution in [0.4, 0.5) is 30.2 Å². The zero-order valence-corrected chi connectivity index (χ0v) is 21.2.